The smallest absolute Gasteiger partial charge is 0.307 e. The minimum Gasteiger partial charge on any atom is -0.460 e. The summed E-state index contributed by atoms with van der Waals surface area (Å²) in [6, 6.07) is 0. The van der Waals surface area contributed by atoms with Gasteiger partial charge in [-0.1, -0.05) is 63.9 Å². The second-order valence-corrected chi connectivity index (χ2v) is 9.07. The van der Waals surface area contributed by atoms with Crippen LogP contribution in [-0.4, -0.2) is 21.7 Å². The van der Waals surface area contributed by atoms with Crippen LogP contribution in [0.15, 0.2) is 4.52 Å². The fourth-order valence-electron chi connectivity index (χ4n) is 3.67. The van der Waals surface area contributed by atoms with Crippen molar-refractivity contribution in [2.24, 2.45) is 5.92 Å². The topological polar surface area (TPSA) is 65.2 Å². The number of rotatable bonds is 8. The molecule has 1 fully saturated rings. The van der Waals surface area contributed by atoms with Gasteiger partial charge < -0.3 is 9.26 Å². The number of nitrogens with zero attached hydrogens (tertiary/aromatic N) is 2. The maximum Gasteiger partial charge on any atom is 0.307 e. The lowest BCUT2D eigenvalue weighted by Gasteiger charge is -2.23. The summed E-state index contributed by atoms with van der Waals surface area (Å²) in [6.07, 6.45) is 10.4. The van der Waals surface area contributed by atoms with E-state index in [1.165, 1.54) is 38.5 Å². The molecule has 0 amide bonds. The van der Waals surface area contributed by atoms with Crippen molar-refractivity contribution < 1.29 is 14.1 Å². The zero-order valence-corrected chi connectivity index (χ0v) is 17.2. The van der Waals surface area contributed by atoms with E-state index in [0.717, 1.165) is 18.8 Å². The monoisotopic (exact) mass is 364 g/mol. The quantitative estimate of drug-likeness (QED) is 0.549. The van der Waals surface area contributed by atoms with Gasteiger partial charge in [-0.25, -0.2) is 0 Å². The van der Waals surface area contributed by atoms with Crippen molar-refractivity contribution in [2.75, 3.05) is 0 Å². The fourth-order valence-corrected chi connectivity index (χ4v) is 3.67. The molecule has 0 N–H and O–H groups in total. The Kier molecular flexibility index (Phi) is 7.66. The van der Waals surface area contributed by atoms with Gasteiger partial charge in [-0.15, -0.1) is 0 Å². The molecule has 5 nitrogen and oxygen atoms in total. The molecular formula is C21H36N2O3. The fraction of sp³-hybridized carbons (Fsp3) is 0.857. The zero-order valence-electron chi connectivity index (χ0n) is 17.2. The molecule has 1 aliphatic rings. The van der Waals surface area contributed by atoms with E-state index < -0.39 is 5.60 Å². The van der Waals surface area contributed by atoms with Crippen LogP contribution in [0.2, 0.25) is 0 Å². The summed E-state index contributed by atoms with van der Waals surface area (Å²) in [6.45, 7) is 9.77. The van der Waals surface area contributed by atoms with Gasteiger partial charge in [0.15, 0.2) is 5.82 Å². The normalized spacial score (nSPS) is 17.5. The molecule has 1 aromatic rings. The van der Waals surface area contributed by atoms with Crippen LogP contribution in [0.25, 0.3) is 0 Å². The molecule has 2 rings (SSSR count). The first-order valence-electron chi connectivity index (χ1n) is 10.3. The molecule has 0 aromatic carbocycles. The van der Waals surface area contributed by atoms with Gasteiger partial charge in [0.2, 0.25) is 5.89 Å². The van der Waals surface area contributed by atoms with Crippen molar-refractivity contribution in [1.29, 1.82) is 0 Å². The summed E-state index contributed by atoms with van der Waals surface area (Å²) in [7, 11) is 0. The lowest BCUT2D eigenvalue weighted by molar-refractivity contribution is -0.155. The number of hydrogen-bond donors (Lipinski definition) is 0. The highest BCUT2D eigenvalue weighted by Crippen LogP contribution is 2.31. The molecule has 5 heteroatoms. The molecular weight excluding hydrogens is 328 g/mol. The SMILES string of the molecule is CC(C)c1noc(C(CCCC2CCCCC2)CC(=O)OC(C)(C)C)n1. The van der Waals surface area contributed by atoms with Gasteiger partial charge in [-0.2, -0.15) is 4.98 Å². The second kappa shape index (κ2) is 9.52. The third kappa shape index (κ3) is 7.08. The van der Waals surface area contributed by atoms with Crippen LogP contribution >= 0.6 is 0 Å². The molecule has 148 valence electrons. The Bertz CT molecular complexity index is 554. The van der Waals surface area contributed by atoms with Gasteiger partial charge in [0.1, 0.15) is 5.60 Å². The summed E-state index contributed by atoms with van der Waals surface area (Å²) in [5.74, 6) is 2.12. The lowest BCUT2D eigenvalue weighted by Crippen LogP contribution is -2.25. The van der Waals surface area contributed by atoms with Crippen LogP contribution in [0.4, 0.5) is 0 Å². The first kappa shape index (κ1) is 20.9. The van der Waals surface area contributed by atoms with E-state index in [9.17, 15) is 4.79 Å². The van der Waals surface area contributed by atoms with Crippen LogP contribution in [0.3, 0.4) is 0 Å². The molecule has 1 heterocycles. The largest absolute Gasteiger partial charge is 0.460 e. The Balaban J connectivity index is 1.96. The summed E-state index contributed by atoms with van der Waals surface area (Å²) >= 11 is 0. The number of hydrogen-bond acceptors (Lipinski definition) is 5. The van der Waals surface area contributed by atoms with Crippen LogP contribution < -0.4 is 0 Å². The molecule has 1 atom stereocenters. The van der Waals surface area contributed by atoms with Crippen molar-refractivity contribution in [3.8, 4) is 0 Å². The standard InChI is InChI=1S/C21H36N2O3/c1-15(2)19-22-20(26-23-19)17(14-18(24)25-21(3,4)5)13-9-12-16-10-7-6-8-11-16/h15-17H,6-14H2,1-5H3. The minimum absolute atomic E-state index is 0.0477. The van der Waals surface area contributed by atoms with Gasteiger partial charge in [-0.05, 0) is 33.1 Å². The molecule has 1 aliphatic carbocycles. The summed E-state index contributed by atoms with van der Waals surface area (Å²) in [5, 5.41) is 4.08. The zero-order chi connectivity index (χ0) is 19.2. The summed E-state index contributed by atoms with van der Waals surface area (Å²) < 4.78 is 11.0. The predicted octanol–water partition coefficient (Wildman–Crippen LogP) is 5.76. The highest BCUT2D eigenvalue weighted by Gasteiger charge is 2.26. The van der Waals surface area contributed by atoms with Crippen LogP contribution in [0.5, 0.6) is 0 Å². The first-order valence-corrected chi connectivity index (χ1v) is 10.3. The van der Waals surface area contributed by atoms with E-state index in [4.69, 9.17) is 9.26 Å². The Morgan fingerprint density at radius 1 is 1.23 bits per heavy atom. The summed E-state index contributed by atoms with van der Waals surface area (Å²) in [5.41, 5.74) is -0.471. The second-order valence-electron chi connectivity index (χ2n) is 9.07. The molecule has 26 heavy (non-hydrogen) atoms. The Hall–Kier alpha value is -1.39. The van der Waals surface area contributed by atoms with Crippen LogP contribution in [-0.2, 0) is 9.53 Å². The van der Waals surface area contributed by atoms with Gasteiger partial charge in [0.05, 0.1) is 6.42 Å². The van der Waals surface area contributed by atoms with Crippen molar-refractivity contribution in [3.63, 3.8) is 0 Å². The van der Waals surface area contributed by atoms with Gasteiger partial charge in [0.25, 0.3) is 0 Å². The van der Waals surface area contributed by atoms with E-state index in [-0.39, 0.29) is 17.8 Å². The van der Waals surface area contributed by atoms with Gasteiger partial charge >= 0.3 is 5.97 Å². The van der Waals surface area contributed by atoms with Crippen molar-refractivity contribution >= 4 is 5.97 Å². The van der Waals surface area contributed by atoms with Crippen molar-refractivity contribution in [1.82, 2.24) is 10.1 Å². The lowest BCUT2D eigenvalue weighted by atomic mass is 9.84. The van der Waals surface area contributed by atoms with Crippen molar-refractivity contribution in [2.45, 2.75) is 110 Å². The molecule has 0 bridgehead atoms. The number of carbonyl (C=O) groups excluding carboxylic acids is 1. The van der Waals surface area contributed by atoms with Gasteiger partial charge in [-0.3, -0.25) is 4.79 Å². The van der Waals surface area contributed by atoms with E-state index in [2.05, 4.69) is 10.1 Å². The number of esters is 1. The molecule has 1 aromatic heterocycles. The molecule has 0 saturated heterocycles. The average Bonchev–Trinajstić information content (AvgIpc) is 3.03. The third-order valence-electron chi connectivity index (χ3n) is 5.05. The molecule has 0 radical (unpaired) electrons. The van der Waals surface area contributed by atoms with E-state index in [1.54, 1.807) is 0 Å². The molecule has 0 spiro atoms. The third-order valence-corrected chi connectivity index (χ3v) is 5.05. The molecule has 0 aliphatic heterocycles. The summed E-state index contributed by atoms with van der Waals surface area (Å²) in [4.78, 5) is 16.9. The molecule has 1 saturated carbocycles. The first-order chi connectivity index (χ1) is 12.2. The average molecular weight is 365 g/mol. The number of aromatic nitrogens is 2. The minimum atomic E-state index is -0.471. The maximum absolute atomic E-state index is 12.3. The van der Waals surface area contributed by atoms with Gasteiger partial charge in [0, 0.05) is 11.8 Å². The van der Waals surface area contributed by atoms with E-state index in [1.807, 2.05) is 34.6 Å². The van der Waals surface area contributed by atoms with Crippen molar-refractivity contribution in [3.05, 3.63) is 11.7 Å². The highest BCUT2D eigenvalue weighted by atomic mass is 16.6. The Morgan fingerprint density at radius 3 is 2.50 bits per heavy atom. The Labute approximate surface area is 158 Å². The Morgan fingerprint density at radius 2 is 1.92 bits per heavy atom. The number of ether oxygens (including phenoxy) is 1. The van der Waals surface area contributed by atoms with Crippen LogP contribution in [0, 0.1) is 5.92 Å². The number of carbonyl (C=O) groups is 1. The highest BCUT2D eigenvalue weighted by molar-refractivity contribution is 5.70. The maximum atomic E-state index is 12.3. The van der Waals surface area contributed by atoms with E-state index in [0.29, 0.717) is 18.1 Å². The predicted molar refractivity (Wildman–Crippen MR) is 102 cm³/mol. The van der Waals surface area contributed by atoms with Crippen LogP contribution in [0.1, 0.15) is 116 Å². The molecule has 1 unspecified atom stereocenters. The van der Waals surface area contributed by atoms with E-state index >= 15 is 0 Å².